The Morgan fingerprint density at radius 1 is 1.16 bits per heavy atom. The monoisotopic (exact) mass is 268 g/mol. The molecule has 0 unspecified atom stereocenters. The first-order valence-electron chi connectivity index (χ1n) is 7.13. The summed E-state index contributed by atoms with van der Waals surface area (Å²) in [7, 11) is 1.15. The molecule has 0 bridgehead atoms. The fraction of sp³-hybridized carbons (Fsp3) is 0.929. The van der Waals surface area contributed by atoms with Gasteiger partial charge in [-0.15, -0.1) is 0 Å². The zero-order chi connectivity index (χ0) is 14.4. The lowest BCUT2D eigenvalue weighted by Gasteiger charge is -2.32. The second kappa shape index (κ2) is 4.78. The highest BCUT2D eigenvalue weighted by Gasteiger charge is 2.57. The van der Waals surface area contributed by atoms with Crippen LogP contribution in [0.3, 0.4) is 0 Å². The van der Waals surface area contributed by atoms with Gasteiger partial charge >= 0.3 is 13.1 Å². The van der Waals surface area contributed by atoms with Crippen LogP contribution in [0.15, 0.2) is 0 Å². The number of hydrogen-bond acceptors (Lipinski definition) is 4. The predicted octanol–water partition coefficient (Wildman–Crippen LogP) is 2.67. The van der Waals surface area contributed by atoms with Crippen molar-refractivity contribution in [3.05, 3.63) is 0 Å². The quantitative estimate of drug-likeness (QED) is 0.570. The molecule has 0 aromatic heterocycles. The predicted molar refractivity (Wildman–Crippen MR) is 73.7 cm³/mol. The van der Waals surface area contributed by atoms with Crippen LogP contribution >= 0.6 is 0 Å². The molecule has 0 radical (unpaired) electrons. The van der Waals surface area contributed by atoms with Gasteiger partial charge in [-0.25, -0.2) is 0 Å². The summed E-state index contributed by atoms with van der Waals surface area (Å²) in [6, 6.07) is 0. The van der Waals surface area contributed by atoms with Crippen LogP contribution < -0.4 is 0 Å². The largest absolute Gasteiger partial charge is 0.469 e. The van der Waals surface area contributed by atoms with Gasteiger partial charge in [-0.1, -0.05) is 19.8 Å². The summed E-state index contributed by atoms with van der Waals surface area (Å²) in [6.45, 7) is 10.3. The number of methoxy groups -OCH3 is 1. The van der Waals surface area contributed by atoms with Gasteiger partial charge in [0.05, 0.1) is 24.2 Å². The molecule has 2 rings (SSSR count). The van der Waals surface area contributed by atoms with E-state index in [1.165, 1.54) is 7.11 Å². The summed E-state index contributed by atoms with van der Waals surface area (Å²) in [5, 5.41) is 0. The second-order valence-electron chi connectivity index (χ2n) is 6.89. The van der Waals surface area contributed by atoms with E-state index >= 15 is 0 Å². The second-order valence-corrected chi connectivity index (χ2v) is 6.89. The standard InChI is InChI=1S/C14H25BO4/c1-9-7-8-10(11(9)12(16)17-6)15-18-13(2,3)14(4,5)19-15/h9-11H,7-8H2,1-6H3/t9-,10-,11-/m1/s1. The summed E-state index contributed by atoms with van der Waals surface area (Å²) in [5.41, 5.74) is -0.686. The lowest BCUT2D eigenvalue weighted by Crippen LogP contribution is -2.41. The van der Waals surface area contributed by atoms with Crippen LogP contribution in [0.4, 0.5) is 0 Å². The van der Waals surface area contributed by atoms with Gasteiger partial charge in [0.1, 0.15) is 0 Å². The molecule has 1 saturated carbocycles. The Balaban J connectivity index is 2.17. The van der Waals surface area contributed by atoms with Crippen LogP contribution in [-0.2, 0) is 18.8 Å². The minimum atomic E-state index is -0.343. The molecule has 5 heteroatoms. The maximum atomic E-state index is 12.0. The molecular weight excluding hydrogens is 243 g/mol. The summed E-state index contributed by atoms with van der Waals surface area (Å²) in [4.78, 5) is 12.0. The molecular formula is C14H25BO4. The van der Waals surface area contributed by atoms with Crippen molar-refractivity contribution in [2.24, 2.45) is 11.8 Å². The molecule has 19 heavy (non-hydrogen) atoms. The molecule has 1 aliphatic heterocycles. The van der Waals surface area contributed by atoms with Crippen LogP contribution in [0.25, 0.3) is 0 Å². The zero-order valence-electron chi connectivity index (χ0n) is 12.9. The van der Waals surface area contributed by atoms with Gasteiger partial charge in [0.15, 0.2) is 0 Å². The molecule has 108 valence electrons. The number of hydrogen-bond donors (Lipinski definition) is 0. The van der Waals surface area contributed by atoms with Gasteiger partial charge in [-0.2, -0.15) is 0 Å². The lowest BCUT2D eigenvalue weighted by molar-refractivity contribution is -0.146. The summed E-state index contributed by atoms with van der Waals surface area (Å²) < 4.78 is 17.1. The molecule has 2 fully saturated rings. The molecule has 2 aliphatic rings. The number of carbonyl (C=O) groups is 1. The van der Waals surface area contributed by atoms with E-state index in [1.54, 1.807) is 0 Å². The fourth-order valence-electron chi connectivity index (χ4n) is 3.15. The van der Waals surface area contributed by atoms with Crippen molar-refractivity contribution in [1.82, 2.24) is 0 Å². The number of carbonyl (C=O) groups excluding carboxylic acids is 1. The van der Waals surface area contributed by atoms with Crippen molar-refractivity contribution < 1.29 is 18.8 Å². The summed E-state index contributed by atoms with van der Waals surface area (Å²) in [6.07, 6.45) is 1.98. The smallest absolute Gasteiger partial charge is 0.462 e. The summed E-state index contributed by atoms with van der Waals surface area (Å²) in [5.74, 6) is 0.185. The molecule has 3 atom stereocenters. The van der Waals surface area contributed by atoms with Gasteiger partial charge in [0.25, 0.3) is 0 Å². The van der Waals surface area contributed by atoms with Crippen LogP contribution in [0.1, 0.15) is 47.5 Å². The Bertz CT molecular complexity index is 350. The molecule has 0 spiro atoms. The van der Waals surface area contributed by atoms with Crippen molar-refractivity contribution in [2.75, 3.05) is 7.11 Å². The lowest BCUT2D eigenvalue weighted by atomic mass is 9.65. The zero-order valence-corrected chi connectivity index (χ0v) is 12.9. The number of rotatable bonds is 2. The molecule has 1 saturated heterocycles. The van der Waals surface area contributed by atoms with Crippen LogP contribution in [0.5, 0.6) is 0 Å². The molecule has 0 amide bonds. The Labute approximate surface area is 116 Å². The molecule has 0 aromatic rings. The topological polar surface area (TPSA) is 44.8 Å². The van der Waals surface area contributed by atoms with Gasteiger partial charge in [0, 0.05) is 5.82 Å². The van der Waals surface area contributed by atoms with Gasteiger partial charge in [-0.3, -0.25) is 4.79 Å². The van der Waals surface area contributed by atoms with E-state index in [-0.39, 0.29) is 36.0 Å². The first-order chi connectivity index (χ1) is 8.69. The highest BCUT2D eigenvalue weighted by atomic mass is 16.7. The van der Waals surface area contributed by atoms with E-state index in [2.05, 4.69) is 6.92 Å². The van der Waals surface area contributed by atoms with Gasteiger partial charge in [-0.05, 0) is 33.6 Å². The Morgan fingerprint density at radius 3 is 2.16 bits per heavy atom. The highest BCUT2D eigenvalue weighted by Crippen LogP contribution is 2.49. The SMILES string of the molecule is COC(=O)[C@@H]1[C@H](C)CC[C@H]1B1OC(C)(C)C(C)(C)O1. The van der Waals surface area contributed by atoms with Crippen molar-refractivity contribution in [3.63, 3.8) is 0 Å². The Hall–Kier alpha value is -0.545. The van der Waals surface area contributed by atoms with Crippen molar-refractivity contribution >= 4 is 13.1 Å². The maximum absolute atomic E-state index is 12.0. The average Bonchev–Trinajstić information content (AvgIpc) is 2.77. The van der Waals surface area contributed by atoms with E-state index in [4.69, 9.17) is 14.0 Å². The van der Waals surface area contributed by atoms with Crippen LogP contribution in [-0.4, -0.2) is 31.4 Å². The third kappa shape index (κ3) is 2.43. The van der Waals surface area contributed by atoms with E-state index < -0.39 is 0 Å². The van der Waals surface area contributed by atoms with E-state index in [9.17, 15) is 4.79 Å². The van der Waals surface area contributed by atoms with E-state index in [0.29, 0.717) is 5.92 Å². The molecule has 0 N–H and O–H groups in total. The van der Waals surface area contributed by atoms with E-state index in [0.717, 1.165) is 12.8 Å². The molecule has 0 aromatic carbocycles. The Kier molecular flexibility index (Phi) is 3.73. The highest BCUT2D eigenvalue weighted by molar-refractivity contribution is 6.48. The fourth-order valence-corrected chi connectivity index (χ4v) is 3.15. The molecule has 1 aliphatic carbocycles. The average molecular weight is 268 g/mol. The summed E-state index contributed by atoms with van der Waals surface area (Å²) >= 11 is 0. The first kappa shape index (κ1) is 14.9. The van der Waals surface area contributed by atoms with Crippen molar-refractivity contribution in [3.8, 4) is 0 Å². The minimum Gasteiger partial charge on any atom is -0.469 e. The molecule has 4 nitrogen and oxygen atoms in total. The van der Waals surface area contributed by atoms with Gasteiger partial charge in [0.2, 0.25) is 0 Å². The van der Waals surface area contributed by atoms with Crippen LogP contribution in [0.2, 0.25) is 5.82 Å². The normalized spacial score (nSPS) is 36.5. The van der Waals surface area contributed by atoms with Crippen molar-refractivity contribution in [1.29, 1.82) is 0 Å². The van der Waals surface area contributed by atoms with E-state index in [1.807, 2.05) is 27.7 Å². The third-order valence-electron chi connectivity index (χ3n) is 5.12. The maximum Gasteiger partial charge on any atom is 0.462 e. The number of esters is 1. The van der Waals surface area contributed by atoms with Crippen LogP contribution in [0, 0.1) is 11.8 Å². The number of ether oxygens (including phenoxy) is 1. The Morgan fingerprint density at radius 2 is 1.68 bits per heavy atom. The van der Waals surface area contributed by atoms with Gasteiger partial charge < -0.3 is 14.0 Å². The molecule has 1 heterocycles. The third-order valence-corrected chi connectivity index (χ3v) is 5.12. The minimum absolute atomic E-state index is 0.100. The first-order valence-corrected chi connectivity index (χ1v) is 7.13. The van der Waals surface area contributed by atoms with Crippen molar-refractivity contribution in [2.45, 2.75) is 64.5 Å².